The topological polar surface area (TPSA) is 85.5 Å². The molecule has 3 aromatic carbocycles. The quantitative estimate of drug-likeness (QED) is 0.207. The number of rotatable bonds is 6. The third kappa shape index (κ3) is 4.49. The lowest BCUT2D eigenvalue weighted by Gasteiger charge is -2.36. The van der Waals surface area contributed by atoms with Crippen LogP contribution in [-0.4, -0.2) is 40.3 Å². The molecule has 0 bridgehead atoms. The third-order valence-corrected chi connectivity index (χ3v) is 8.95. The molecule has 0 spiro atoms. The standard InChI is InChI=1S/C35H34N4O3/c1-22-11-13-24(14-12-22)32-31-28(27-9-5-6-10-29(27)37-31)21-30-34(41)38(35(42)39(30)32)26-17-15-25(16-18-26)33(40)36-20-19-23-7-3-2-4-8-23/h5-7,9-18,30,32,37H,2-4,8,19-21H2,1H3,(H,36,40)/t30-,32?/m0/s1. The molecule has 1 saturated heterocycles. The van der Waals surface area contributed by atoms with Crippen LogP contribution in [0.25, 0.3) is 10.9 Å². The zero-order valence-corrected chi connectivity index (χ0v) is 23.7. The van der Waals surface area contributed by atoms with E-state index in [1.165, 1.54) is 23.3 Å². The molecule has 0 radical (unpaired) electrons. The van der Waals surface area contributed by atoms with Crippen LogP contribution in [0.1, 0.15) is 70.9 Å². The summed E-state index contributed by atoms with van der Waals surface area (Å²) in [5.41, 5.74) is 7.52. The third-order valence-electron chi connectivity index (χ3n) is 8.95. The Hall–Kier alpha value is -4.65. The van der Waals surface area contributed by atoms with Gasteiger partial charge in [0.2, 0.25) is 0 Å². The average Bonchev–Trinajstić information content (AvgIpc) is 3.51. The van der Waals surface area contributed by atoms with Crippen LogP contribution in [0.3, 0.4) is 0 Å². The zero-order valence-electron chi connectivity index (χ0n) is 23.7. The largest absolute Gasteiger partial charge is 0.356 e. The maximum atomic E-state index is 14.1. The van der Waals surface area contributed by atoms with Crippen molar-refractivity contribution in [3.8, 4) is 0 Å². The molecule has 1 fully saturated rings. The van der Waals surface area contributed by atoms with E-state index in [0.717, 1.165) is 52.5 Å². The van der Waals surface area contributed by atoms with E-state index in [0.29, 0.717) is 24.2 Å². The fourth-order valence-corrected chi connectivity index (χ4v) is 6.74. The van der Waals surface area contributed by atoms with Crippen LogP contribution < -0.4 is 10.2 Å². The molecule has 2 aliphatic heterocycles. The summed E-state index contributed by atoms with van der Waals surface area (Å²) in [6, 6.07) is 21.6. The van der Waals surface area contributed by atoms with Crippen molar-refractivity contribution in [2.45, 2.75) is 57.5 Å². The number of para-hydroxylation sites is 1. The fourth-order valence-electron chi connectivity index (χ4n) is 6.74. The number of aromatic nitrogens is 1. The van der Waals surface area contributed by atoms with Crippen molar-refractivity contribution in [3.05, 3.63) is 112 Å². The number of carbonyl (C=O) groups excluding carboxylic acids is 3. The normalized spacial score (nSPS) is 20.0. The van der Waals surface area contributed by atoms with Crippen LogP contribution in [0.4, 0.5) is 10.5 Å². The molecule has 212 valence electrons. The predicted molar refractivity (Wildman–Crippen MR) is 163 cm³/mol. The van der Waals surface area contributed by atoms with Gasteiger partial charge in [0, 0.05) is 35.1 Å². The summed E-state index contributed by atoms with van der Waals surface area (Å²) in [5.74, 6) is -0.398. The fraction of sp³-hybridized carbons (Fsp3) is 0.286. The van der Waals surface area contributed by atoms with Crippen molar-refractivity contribution in [2.24, 2.45) is 0 Å². The Morgan fingerprint density at radius 2 is 1.76 bits per heavy atom. The number of benzene rings is 3. The number of fused-ring (bicyclic) bond motifs is 4. The molecule has 7 rings (SSSR count). The monoisotopic (exact) mass is 558 g/mol. The Labute approximate surface area is 245 Å². The lowest BCUT2D eigenvalue weighted by molar-refractivity contribution is -0.120. The molecule has 2 atom stereocenters. The average molecular weight is 559 g/mol. The maximum absolute atomic E-state index is 14.1. The minimum Gasteiger partial charge on any atom is -0.356 e. The molecule has 1 unspecified atom stereocenters. The lowest BCUT2D eigenvalue weighted by atomic mass is 9.88. The van der Waals surface area contributed by atoms with E-state index in [1.807, 2.05) is 49.4 Å². The van der Waals surface area contributed by atoms with Crippen molar-refractivity contribution < 1.29 is 14.4 Å². The molecule has 4 amide bonds. The van der Waals surface area contributed by atoms with Crippen LogP contribution in [0.15, 0.2) is 84.4 Å². The summed E-state index contributed by atoms with van der Waals surface area (Å²) in [6.45, 7) is 2.63. The van der Waals surface area contributed by atoms with E-state index in [-0.39, 0.29) is 17.8 Å². The van der Waals surface area contributed by atoms with E-state index in [1.54, 1.807) is 29.2 Å². The van der Waals surface area contributed by atoms with E-state index >= 15 is 0 Å². The zero-order chi connectivity index (χ0) is 28.8. The van der Waals surface area contributed by atoms with E-state index in [4.69, 9.17) is 0 Å². The molecule has 4 aromatic rings. The number of nitrogens with one attached hydrogen (secondary N) is 2. The molecule has 1 aromatic heterocycles. The second-order valence-corrected chi connectivity index (χ2v) is 11.6. The molecular formula is C35H34N4O3. The Morgan fingerprint density at radius 3 is 2.52 bits per heavy atom. The molecule has 7 heteroatoms. The van der Waals surface area contributed by atoms with Crippen molar-refractivity contribution in [1.29, 1.82) is 0 Å². The van der Waals surface area contributed by atoms with E-state index in [9.17, 15) is 14.4 Å². The molecule has 1 aliphatic carbocycles. The molecule has 3 aliphatic rings. The highest BCUT2D eigenvalue weighted by Gasteiger charge is 2.53. The minimum absolute atomic E-state index is 0.153. The molecule has 7 nitrogen and oxygen atoms in total. The van der Waals surface area contributed by atoms with Gasteiger partial charge in [0.1, 0.15) is 12.1 Å². The number of amides is 4. The number of carbonyl (C=O) groups is 3. The Kier molecular flexibility index (Phi) is 6.65. The number of hydrogen-bond donors (Lipinski definition) is 2. The first kappa shape index (κ1) is 26.3. The molecule has 2 N–H and O–H groups in total. The SMILES string of the molecule is Cc1ccc(C2c3[nH]c4ccccc4c3C[C@H]3C(=O)N(c4ccc(C(=O)NCCC5=CCCCC5)cc4)C(=O)N23)cc1. The number of H-pyrrole nitrogens is 1. The second kappa shape index (κ2) is 10.6. The Balaban J connectivity index is 1.16. The number of urea groups is 1. The minimum atomic E-state index is -0.618. The van der Waals surface area contributed by atoms with Gasteiger partial charge in [0.05, 0.1) is 5.69 Å². The number of aromatic amines is 1. The van der Waals surface area contributed by atoms with Crippen molar-refractivity contribution in [2.75, 3.05) is 11.4 Å². The predicted octanol–water partition coefficient (Wildman–Crippen LogP) is 6.58. The lowest BCUT2D eigenvalue weighted by Crippen LogP contribution is -2.44. The van der Waals surface area contributed by atoms with Gasteiger partial charge in [-0.05, 0) is 80.5 Å². The van der Waals surface area contributed by atoms with Gasteiger partial charge < -0.3 is 10.3 Å². The van der Waals surface area contributed by atoms with Gasteiger partial charge in [-0.1, -0.05) is 59.7 Å². The van der Waals surface area contributed by atoms with Gasteiger partial charge in [-0.2, -0.15) is 0 Å². The first-order chi connectivity index (χ1) is 20.5. The van der Waals surface area contributed by atoms with Gasteiger partial charge in [-0.25, -0.2) is 9.69 Å². The second-order valence-electron chi connectivity index (χ2n) is 11.6. The van der Waals surface area contributed by atoms with Crippen molar-refractivity contribution in [1.82, 2.24) is 15.2 Å². The highest BCUT2D eigenvalue weighted by atomic mass is 16.2. The molecule has 0 saturated carbocycles. The summed E-state index contributed by atoms with van der Waals surface area (Å²) in [4.78, 5) is 47.4. The molecular weight excluding hydrogens is 524 g/mol. The number of anilines is 1. The first-order valence-electron chi connectivity index (χ1n) is 14.9. The van der Waals surface area contributed by atoms with Crippen LogP contribution in [-0.2, 0) is 11.2 Å². The van der Waals surface area contributed by atoms with Crippen LogP contribution in [0.2, 0.25) is 0 Å². The van der Waals surface area contributed by atoms with E-state index < -0.39 is 12.1 Å². The van der Waals surface area contributed by atoms with E-state index in [2.05, 4.69) is 22.4 Å². The summed E-state index contributed by atoms with van der Waals surface area (Å²) in [5, 5.41) is 4.09. The van der Waals surface area contributed by atoms with Crippen LogP contribution in [0.5, 0.6) is 0 Å². The van der Waals surface area contributed by atoms with Gasteiger partial charge in [-0.3, -0.25) is 14.5 Å². The highest BCUT2D eigenvalue weighted by molar-refractivity contribution is 6.22. The summed E-state index contributed by atoms with van der Waals surface area (Å²) in [7, 11) is 0. The number of imide groups is 1. The summed E-state index contributed by atoms with van der Waals surface area (Å²) < 4.78 is 0. The first-order valence-corrected chi connectivity index (χ1v) is 14.9. The van der Waals surface area contributed by atoms with Crippen molar-refractivity contribution in [3.63, 3.8) is 0 Å². The van der Waals surface area contributed by atoms with Gasteiger partial charge in [0.25, 0.3) is 11.8 Å². The summed E-state index contributed by atoms with van der Waals surface area (Å²) >= 11 is 0. The molecule has 42 heavy (non-hydrogen) atoms. The number of nitrogens with zero attached hydrogens (tertiary/aromatic N) is 2. The number of hydrogen-bond acceptors (Lipinski definition) is 3. The van der Waals surface area contributed by atoms with Gasteiger partial charge >= 0.3 is 6.03 Å². The van der Waals surface area contributed by atoms with Crippen LogP contribution >= 0.6 is 0 Å². The number of aryl methyl sites for hydroxylation is 1. The Morgan fingerprint density at radius 1 is 0.976 bits per heavy atom. The summed E-state index contributed by atoms with van der Waals surface area (Å²) in [6.07, 6.45) is 8.33. The maximum Gasteiger partial charge on any atom is 0.332 e. The van der Waals surface area contributed by atoms with Crippen LogP contribution in [0, 0.1) is 6.92 Å². The highest BCUT2D eigenvalue weighted by Crippen LogP contribution is 2.44. The molecule has 3 heterocycles. The van der Waals surface area contributed by atoms with Gasteiger partial charge in [0.15, 0.2) is 0 Å². The smallest absolute Gasteiger partial charge is 0.332 e. The van der Waals surface area contributed by atoms with Gasteiger partial charge in [-0.15, -0.1) is 0 Å². The van der Waals surface area contributed by atoms with Crippen molar-refractivity contribution >= 4 is 34.4 Å². The Bertz CT molecular complexity index is 1720. The number of allylic oxidation sites excluding steroid dienone is 1.